The number of aryl methyl sites for hydroxylation is 1. The number of rotatable bonds is 5. The van der Waals surface area contributed by atoms with Gasteiger partial charge in [-0.05, 0) is 19.1 Å². The van der Waals surface area contributed by atoms with Crippen molar-refractivity contribution in [3.05, 3.63) is 40.1 Å². The van der Waals surface area contributed by atoms with Crippen molar-refractivity contribution in [3.8, 4) is 0 Å². The van der Waals surface area contributed by atoms with Crippen molar-refractivity contribution < 1.29 is 17.9 Å². The number of benzene rings is 1. The van der Waals surface area contributed by atoms with E-state index in [1.165, 1.54) is 25.2 Å². The molecule has 0 saturated heterocycles. The van der Waals surface area contributed by atoms with E-state index in [-0.39, 0.29) is 22.2 Å². The van der Waals surface area contributed by atoms with Crippen LogP contribution in [0.5, 0.6) is 0 Å². The number of aromatic nitrogens is 1. The molecule has 2 N–H and O–H groups in total. The predicted octanol–water partition coefficient (Wildman–Crippen LogP) is 1.73. The molecular formula is C11H12N4O5S. The number of hydrogen-bond acceptors (Lipinski definition) is 7. The molecule has 0 amide bonds. The highest BCUT2D eigenvalue weighted by Crippen LogP contribution is 2.28. The van der Waals surface area contributed by atoms with Gasteiger partial charge in [0, 0.05) is 19.2 Å². The van der Waals surface area contributed by atoms with E-state index in [0.29, 0.717) is 5.69 Å². The zero-order chi connectivity index (χ0) is 15.6. The van der Waals surface area contributed by atoms with Crippen LogP contribution in [-0.4, -0.2) is 25.5 Å². The van der Waals surface area contributed by atoms with E-state index < -0.39 is 14.9 Å². The van der Waals surface area contributed by atoms with Crippen molar-refractivity contribution in [2.24, 2.45) is 0 Å². The Morgan fingerprint density at radius 1 is 1.33 bits per heavy atom. The maximum Gasteiger partial charge on any atom is 0.293 e. The molecule has 0 unspecified atom stereocenters. The topological polar surface area (TPSA) is 127 Å². The minimum absolute atomic E-state index is 0.0622. The molecule has 1 aromatic carbocycles. The molecule has 112 valence electrons. The van der Waals surface area contributed by atoms with Gasteiger partial charge in [-0.25, -0.2) is 13.1 Å². The summed E-state index contributed by atoms with van der Waals surface area (Å²) in [6.45, 7) is 1.63. The number of sulfonamides is 1. The van der Waals surface area contributed by atoms with E-state index in [2.05, 4.69) is 15.2 Å². The molecule has 0 radical (unpaired) electrons. The van der Waals surface area contributed by atoms with Crippen LogP contribution < -0.4 is 10.0 Å². The number of nitro groups is 1. The Hall–Kier alpha value is -2.62. The predicted molar refractivity (Wildman–Crippen MR) is 74.7 cm³/mol. The molecule has 2 rings (SSSR count). The van der Waals surface area contributed by atoms with E-state index in [1.54, 1.807) is 6.92 Å². The molecule has 2 aromatic rings. The molecular weight excluding hydrogens is 300 g/mol. The Kier molecular flexibility index (Phi) is 3.80. The molecule has 0 aliphatic rings. The first kappa shape index (κ1) is 14.8. The first-order valence-electron chi connectivity index (χ1n) is 5.76. The summed E-state index contributed by atoms with van der Waals surface area (Å²) in [5, 5.41) is 17.1. The summed E-state index contributed by atoms with van der Waals surface area (Å²) in [7, 11) is -2.49. The highest BCUT2D eigenvalue weighted by molar-refractivity contribution is 7.92. The molecule has 0 spiro atoms. The summed E-state index contributed by atoms with van der Waals surface area (Å²) >= 11 is 0. The van der Waals surface area contributed by atoms with E-state index in [1.807, 2.05) is 0 Å². The Balaban J connectivity index is 2.40. The van der Waals surface area contributed by atoms with Gasteiger partial charge in [0.05, 0.1) is 15.5 Å². The van der Waals surface area contributed by atoms with Crippen molar-refractivity contribution in [1.82, 2.24) is 5.16 Å². The lowest BCUT2D eigenvalue weighted by atomic mass is 10.3. The van der Waals surface area contributed by atoms with E-state index in [9.17, 15) is 18.5 Å². The monoisotopic (exact) mass is 312 g/mol. The number of nitrogens with zero attached hydrogens (tertiary/aromatic N) is 2. The Morgan fingerprint density at radius 2 is 2.05 bits per heavy atom. The summed E-state index contributed by atoms with van der Waals surface area (Å²) in [6.07, 6.45) is 0. The maximum absolute atomic E-state index is 12.1. The van der Waals surface area contributed by atoms with Crippen LogP contribution in [0.4, 0.5) is 17.3 Å². The van der Waals surface area contributed by atoms with Crippen molar-refractivity contribution in [3.63, 3.8) is 0 Å². The number of hydrogen-bond donors (Lipinski definition) is 2. The molecule has 0 aliphatic carbocycles. The smallest absolute Gasteiger partial charge is 0.293 e. The number of nitrogens with one attached hydrogen (secondary N) is 2. The zero-order valence-electron chi connectivity index (χ0n) is 11.2. The molecule has 21 heavy (non-hydrogen) atoms. The maximum atomic E-state index is 12.1. The van der Waals surface area contributed by atoms with E-state index in [0.717, 1.165) is 6.07 Å². The normalized spacial score (nSPS) is 11.1. The molecule has 0 fully saturated rings. The second-order valence-electron chi connectivity index (χ2n) is 4.12. The van der Waals surface area contributed by atoms with Crippen LogP contribution in [0.3, 0.4) is 0 Å². The van der Waals surface area contributed by atoms with Crippen molar-refractivity contribution in [2.75, 3.05) is 17.1 Å². The van der Waals surface area contributed by atoms with Gasteiger partial charge in [-0.3, -0.25) is 10.1 Å². The van der Waals surface area contributed by atoms with E-state index >= 15 is 0 Å². The average molecular weight is 312 g/mol. The van der Waals surface area contributed by atoms with Crippen molar-refractivity contribution >= 4 is 27.3 Å². The SMILES string of the molecule is CNc1ccc(S(=O)(=O)Nc2cc(C)no2)cc1[N+](=O)[O-]. The summed E-state index contributed by atoms with van der Waals surface area (Å²) < 4.78 is 31.2. The second-order valence-corrected chi connectivity index (χ2v) is 5.81. The fraction of sp³-hybridized carbons (Fsp3) is 0.182. The first-order valence-corrected chi connectivity index (χ1v) is 7.24. The lowest BCUT2D eigenvalue weighted by molar-refractivity contribution is -0.384. The van der Waals surface area contributed by atoms with Crippen LogP contribution in [0, 0.1) is 17.0 Å². The summed E-state index contributed by atoms with van der Waals surface area (Å²) in [5.74, 6) is -0.0622. The summed E-state index contributed by atoms with van der Waals surface area (Å²) in [4.78, 5) is 10.0. The van der Waals surface area contributed by atoms with Gasteiger partial charge < -0.3 is 9.84 Å². The van der Waals surface area contributed by atoms with Gasteiger partial charge in [0.1, 0.15) is 5.69 Å². The number of anilines is 2. The lowest BCUT2D eigenvalue weighted by Gasteiger charge is -2.07. The van der Waals surface area contributed by atoms with Crippen molar-refractivity contribution in [1.29, 1.82) is 0 Å². The molecule has 9 nitrogen and oxygen atoms in total. The van der Waals surface area contributed by atoms with Gasteiger partial charge in [0.2, 0.25) is 5.88 Å². The largest absolute Gasteiger partial charge is 0.383 e. The lowest BCUT2D eigenvalue weighted by Crippen LogP contribution is -2.13. The summed E-state index contributed by atoms with van der Waals surface area (Å²) in [5.41, 5.74) is 0.382. The second kappa shape index (κ2) is 5.40. The Labute approximate surface area is 120 Å². The quantitative estimate of drug-likeness (QED) is 0.635. The molecule has 0 bridgehead atoms. The highest BCUT2D eigenvalue weighted by Gasteiger charge is 2.22. The van der Waals surface area contributed by atoms with Gasteiger partial charge >= 0.3 is 0 Å². The van der Waals surface area contributed by atoms with Gasteiger partial charge in [0.15, 0.2) is 0 Å². The molecule has 1 aromatic heterocycles. The van der Waals surface area contributed by atoms with Crippen molar-refractivity contribution in [2.45, 2.75) is 11.8 Å². The average Bonchev–Trinajstić information content (AvgIpc) is 2.82. The Morgan fingerprint density at radius 3 is 2.57 bits per heavy atom. The summed E-state index contributed by atoms with van der Waals surface area (Å²) in [6, 6.07) is 4.94. The molecule has 0 aliphatic heterocycles. The molecule has 10 heteroatoms. The molecule has 0 saturated carbocycles. The van der Waals surface area contributed by atoms with Gasteiger partial charge in [0.25, 0.3) is 15.7 Å². The third-order valence-corrected chi connectivity index (χ3v) is 3.95. The fourth-order valence-electron chi connectivity index (χ4n) is 1.64. The molecule has 1 heterocycles. The van der Waals surface area contributed by atoms with Gasteiger partial charge in [-0.2, -0.15) is 0 Å². The Bertz CT molecular complexity index is 784. The third-order valence-electron chi connectivity index (χ3n) is 2.61. The number of nitro benzene ring substituents is 1. The first-order chi connectivity index (χ1) is 9.83. The standard InChI is InChI=1S/C11H12N4O5S/c1-7-5-11(20-13-7)14-21(18,19)8-3-4-9(12-2)10(6-8)15(16)17/h3-6,12,14H,1-2H3. The van der Waals surface area contributed by atoms with Gasteiger partial charge in [-0.15, -0.1) is 0 Å². The van der Waals surface area contributed by atoms with Crippen LogP contribution in [-0.2, 0) is 10.0 Å². The van der Waals surface area contributed by atoms with Crippen LogP contribution in [0.1, 0.15) is 5.69 Å². The zero-order valence-corrected chi connectivity index (χ0v) is 12.0. The fourth-order valence-corrected chi connectivity index (χ4v) is 2.64. The van der Waals surface area contributed by atoms with Crippen LogP contribution in [0.25, 0.3) is 0 Å². The highest BCUT2D eigenvalue weighted by atomic mass is 32.2. The van der Waals surface area contributed by atoms with Crippen LogP contribution >= 0.6 is 0 Å². The minimum atomic E-state index is -4.00. The van der Waals surface area contributed by atoms with E-state index in [4.69, 9.17) is 4.52 Å². The van der Waals surface area contributed by atoms with Crippen LogP contribution in [0.15, 0.2) is 33.7 Å². The molecule has 0 atom stereocenters. The van der Waals surface area contributed by atoms with Gasteiger partial charge in [-0.1, -0.05) is 5.16 Å². The minimum Gasteiger partial charge on any atom is -0.383 e. The third kappa shape index (κ3) is 3.11. The van der Waals surface area contributed by atoms with Crippen LogP contribution in [0.2, 0.25) is 0 Å².